The molecule has 1 unspecified atom stereocenters. The average molecular weight is 298 g/mol. The minimum absolute atomic E-state index is 0.179. The predicted molar refractivity (Wildman–Crippen MR) is 86.7 cm³/mol. The van der Waals surface area contributed by atoms with Gasteiger partial charge in [0.25, 0.3) is 0 Å². The number of amidine groups is 1. The van der Waals surface area contributed by atoms with Gasteiger partial charge in [0, 0.05) is 11.3 Å². The zero-order chi connectivity index (χ0) is 14.2. The molecule has 1 aromatic heterocycles. The summed E-state index contributed by atoms with van der Waals surface area (Å²) in [7, 11) is 0. The highest BCUT2D eigenvalue weighted by molar-refractivity contribution is 7.15. The number of aromatic nitrogens is 1. The topological polar surface area (TPSA) is 54.5 Å². The number of benzene rings is 1. The van der Waals surface area contributed by atoms with Gasteiger partial charge in [0.1, 0.15) is 5.84 Å². The molecule has 4 nitrogen and oxygen atoms in total. The summed E-state index contributed by atoms with van der Waals surface area (Å²) in [4.78, 5) is 6.26. The molecule has 108 valence electrons. The maximum atomic E-state index is 6.00. The molecule has 1 aliphatic heterocycles. The molecule has 0 fully saturated rings. The number of thiazole rings is 1. The Morgan fingerprint density at radius 3 is 2.76 bits per heavy atom. The Balaban J connectivity index is 1.70. The summed E-state index contributed by atoms with van der Waals surface area (Å²) >= 11 is 1.79. The van der Waals surface area contributed by atoms with E-state index in [1.165, 1.54) is 29.0 Å². The number of anilines is 1. The van der Waals surface area contributed by atoms with E-state index in [0.29, 0.717) is 5.84 Å². The van der Waals surface area contributed by atoms with Gasteiger partial charge in [-0.1, -0.05) is 41.7 Å². The quantitative estimate of drug-likeness (QED) is 0.926. The maximum absolute atomic E-state index is 6.00. The number of aryl methyl sites for hydroxylation is 2. The van der Waals surface area contributed by atoms with E-state index in [9.17, 15) is 0 Å². The van der Waals surface area contributed by atoms with Crippen LogP contribution in [-0.2, 0) is 12.8 Å². The van der Waals surface area contributed by atoms with Crippen LogP contribution in [0.3, 0.4) is 0 Å². The number of hydrogen-bond donors (Lipinski definition) is 1. The fourth-order valence-electron chi connectivity index (χ4n) is 3.08. The molecule has 0 saturated carbocycles. The molecule has 0 spiro atoms. The maximum Gasteiger partial charge on any atom is 0.207 e. The largest absolute Gasteiger partial charge is 0.386 e. The molecule has 0 radical (unpaired) electrons. The van der Waals surface area contributed by atoms with Gasteiger partial charge in [0.05, 0.1) is 11.7 Å². The molecule has 2 N–H and O–H groups in total. The van der Waals surface area contributed by atoms with E-state index in [-0.39, 0.29) is 6.04 Å². The van der Waals surface area contributed by atoms with Gasteiger partial charge in [0.15, 0.2) is 0 Å². The molecule has 1 aromatic carbocycles. The van der Waals surface area contributed by atoms with Crippen molar-refractivity contribution in [3.8, 4) is 0 Å². The zero-order valence-electron chi connectivity index (χ0n) is 11.8. The van der Waals surface area contributed by atoms with Crippen LogP contribution in [0.15, 0.2) is 35.4 Å². The fraction of sp³-hybridized carbons (Fsp3) is 0.375. The molecule has 4 rings (SSSR count). The molecule has 5 heteroatoms. The van der Waals surface area contributed by atoms with Crippen molar-refractivity contribution < 1.29 is 0 Å². The van der Waals surface area contributed by atoms with Crippen molar-refractivity contribution in [2.45, 2.75) is 38.1 Å². The summed E-state index contributed by atoms with van der Waals surface area (Å²) in [6.45, 7) is 0. The lowest BCUT2D eigenvalue weighted by molar-refractivity contribution is 0.675. The van der Waals surface area contributed by atoms with Gasteiger partial charge >= 0.3 is 0 Å². The molecule has 21 heavy (non-hydrogen) atoms. The fourth-order valence-corrected chi connectivity index (χ4v) is 4.23. The number of rotatable bonds is 2. The van der Waals surface area contributed by atoms with Gasteiger partial charge in [-0.25, -0.2) is 9.99 Å². The molecular weight excluding hydrogens is 280 g/mol. The Morgan fingerprint density at radius 2 is 1.95 bits per heavy atom. The van der Waals surface area contributed by atoms with E-state index < -0.39 is 0 Å². The first-order chi connectivity index (χ1) is 10.3. The van der Waals surface area contributed by atoms with Gasteiger partial charge in [0.2, 0.25) is 5.13 Å². The number of nitrogens with zero attached hydrogens (tertiary/aromatic N) is 3. The summed E-state index contributed by atoms with van der Waals surface area (Å²) < 4.78 is 0. The Morgan fingerprint density at radius 1 is 1.14 bits per heavy atom. The van der Waals surface area contributed by atoms with Crippen molar-refractivity contribution >= 4 is 22.3 Å². The summed E-state index contributed by atoms with van der Waals surface area (Å²) in [6.07, 6.45) is 5.57. The smallest absolute Gasteiger partial charge is 0.207 e. The van der Waals surface area contributed by atoms with E-state index in [1.807, 2.05) is 11.1 Å². The Labute approximate surface area is 128 Å². The van der Waals surface area contributed by atoms with Crippen molar-refractivity contribution in [1.82, 2.24) is 4.98 Å². The number of hydrogen-bond acceptors (Lipinski definition) is 5. The molecule has 0 saturated heterocycles. The second-order valence-electron chi connectivity index (χ2n) is 5.64. The van der Waals surface area contributed by atoms with Gasteiger partial charge in [-0.15, -0.1) is 0 Å². The van der Waals surface area contributed by atoms with Gasteiger partial charge in [-0.05, 0) is 31.2 Å². The minimum atomic E-state index is 0.179. The first kappa shape index (κ1) is 12.8. The highest BCUT2D eigenvalue weighted by Gasteiger charge is 2.31. The van der Waals surface area contributed by atoms with Crippen molar-refractivity contribution in [1.29, 1.82) is 0 Å². The van der Waals surface area contributed by atoms with Crippen molar-refractivity contribution in [2.75, 3.05) is 5.01 Å². The lowest BCUT2D eigenvalue weighted by atomic mass is 10.0. The van der Waals surface area contributed by atoms with E-state index in [1.54, 1.807) is 11.3 Å². The zero-order valence-corrected chi connectivity index (χ0v) is 12.6. The molecule has 0 amide bonds. The third-order valence-electron chi connectivity index (χ3n) is 4.15. The Kier molecular flexibility index (Phi) is 3.15. The summed E-state index contributed by atoms with van der Waals surface area (Å²) in [6, 6.07) is 10.6. The van der Waals surface area contributed by atoms with Crippen LogP contribution in [0.1, 0.15) is 41.4 Å². The minimum Gasteiger partial charge on any atom is -0.386 e. The summed E-state index contributed by atoms with van der Waals surface area (Å²) in [5, 5.41) is 7.55. The monoisotopic (exact) mass is 298 g/mol. The van der Waals surface area contributed by atoms with Crippen LogP contribution in [0.4, 0.5) is 5.13 Å². The number of nitrogens with two attached hydrogens (primary N) is 1. The van der Waals surface area contributed by atoms with Crippen LogP contribution in [0.25, 0.3) is 0 Å². The molecule has 2 aromatic rings. The highest BCUT2D eigenvalue weighted by atomic mass is 32.1. The van der Waals surface area contributed by atoms with Crippen molar-refractivity contribution in [3.05, 3.63) is 46.5 Å². The summed E-state index contributed by atoms with van der Waals surface area (Å²) in [5.41, 5.74) is 8.51. The first-order valence-corrected chi connectivity index (χ1v) is 8.28. The van der Waals surface area contributed by atoms with Crippen molar-refractivity contribution in [2.24, 2.45) is 10.8 Å². The highest BCUT2D eigenvalue weighted by Crippen LogP contribution is 2.39. The van der Waals surface area contributed by atoms with Gasteiger partial charge in [-0.3, -0.25) is 0 Å². The van der Waals surface area contributed by atoms with E-state index in [0.717, 1.165) is 24.4 Å². The lowest BCUT2D eigenvalue weighted by Crippen LogP contribution is -2.18. The average Bonchev–Trinajstić information content (AvgIpc) is 3.11. The van der Waals surface area contributed by atoms with Crippen LogP contribution in [0.2, 0.25) is 0 Å². The molecule has 1 atom stereocenters. The van der Waals surface area contributed by atoms with E-state index >= 15 is 0 Å². The third kappa shape index (κ3) is 2.31. The molecule has 2 heterocycles. The van der Waals surface area contributed by atoms with Crippen LogP contribution < -0.4 is 10.7 Å². The van der Waals surface area contributed by atoms with Crippen LogP contribution in [0.5, 0.6) is 0 Å². The Bertz CT molecular complexity index is 653. The van der Waals surface area contributed by atoms with E-state index in [2.05, 4.69) is 29.4 Å². The van der Waals surface area contributed by atoms with Gasteiger partial charge < -0.3 is 5.73 Å². The second-order valence-corrected chi connectivity index (χ2v) is 6.70. The molecule has 0 bridgehead atoms. The van der Waals surface area contributed by atoms with Crippen molar-refractivity contribution in [3.63, 3.8) is 0 Å². The van der Waals surface area contributed by atoms with Crippen LogP contribution in [-0.4, -0.2) is 10.8 Å². The van der Waals surface area contributed by atoms with E-state index in [4.69, 9.17) is 10.7 Å². The predicted octanol–water partition coefficient (Wildman–Crippen LogP) is 3.25. The molecule has 2 aliphatic rings. The van der Waals surface area contributed by atoms with Crippen LogP contribution in [0, 0.1) is 0 Å². The Hall–Kier alpha value is -1.88. The number of hydrazone groups is 1. The molecule has 1 aliphatic carbocycles. The van der Waals surface area contributed by atoms with Gasteiger partial charge in [-0.2, -0.15) is 5.10 Å². The second kappa shape index (κ2) is 5.15. The third-order valence-corrected chi connectivity index (χ3v) is 5.30. The SMILES string of the molecule is NC1=NN(c2nc3c(s2)CCCC3)C(c2ccccc2)C1. The van der Waals surface area contributed by atoms with Crippen LogP contribution >= 0.6 is 11.3 Å². The first-order valence-electron chi connectivity index (χ1n) is 7.47. The normalized spacial score (nSPS) is 21.2. The lowest BCUT2D eigenvalue weighted by Gasteiger charge is -2.20. The molecular formula is C16H18N4S. The standard InChI is InChI=1S/C16H18N4S/c17-15-10-13(11-6-2-1-3-7-11)20(19-15)16-18-12-8-4-5-9-14(12)21-16/h1-3,6-7,13H,4-5,8-10H2,(H2,17,19). The summed E-state index contributed by atoms with van der Waals surface area (Å²) in [5.74, 6) is 0.692. The number of fused-ring (bicyclic) bond motifs is 1.